The van der Waals surface area contributed by atoms with Crippen LogP contribution >= 0.6 is 11.6 Å². The van der Waals surface area contributed by atoms with Crippen LogP contribution in [0.3, 0.4) is 0 Å². The molecule has 0 amide bonds. The van der Waals surface area contributed by atoms with Gasteiger partial charge in [0.05, 0.1) is 33.3 Å². The highest BCUT2D eigenvalue weighted by atomic mass is 35.5. The van der Waals surface area contributed by atoms with E-state index in [9.17, 15) is 14.5 Å². The highest BCUT2D eigenvalue weighted by molar-refractivity contribution is 6.33. The van der Waals surface area contributed by atoms with Gasteiger partial charge in [-0.25, -0.2) is 4.39 Å². The van der Waals surface area contributed by atoms with Gasteiger partial charge in [0.2, 0.25) is 0 Å². The van der Waals surface area contributed by atoms with Gasteiger partial charge >= 0.3 is 0 Å². The van der Waals surface area contributed by atoms with E-state index in [4.69, 9.17) is 16.9 Å². The molecule has 0 aliphatic carbocycles. The summed E-state index contributed by atoms with van der Waals surface area (Å²) in [6.07, 6.45) is 0. The number of halogens is 2. The summed E-state index contributed by atoms with van der Waals surface area (Å²) in [5.41, 5.74) is 0.636. The first-order valence-corrected chi connectivity index (χ1v) is 5.79. The lowest BCUT2D eigenvalue weighted by Crippen LogP contribution is -1.95. The van der Waals surface area contributed by atoms with Gasteiger partial charge in [-0.2, -0.15) is 5.26 Å². The van der Waals surface area contributed by atoms with Crippen molar-refractivity contribution < 1.29 is 9.31 Å². The second kappa shape index (κ2) is 5.55. The molecule has 7 heteroatoms. The molecular formula is C13H7ClFN3O2. The summed E-state index contributed by atoms with van der Waals surface area (Å²) in [6.45, 7) is 0. The Labute approximate surface area is 118 Å². The fourth-order valence-electron chi connectivity index (χ4n) is 1.59. The van der Waals surface area contributed by atoms with Crippen LogP contribution in [0.15, 0.2) is 36.4 Å². The van der Waals surface area contributed by atoms with Gasteiger partial charge in [0.25, 0.3) is 5.69 Å². The second-order valence-corrected chi connectivity index (χ2v) is 4.29. The molecule has 2 rings (SSSR count). The van der Waals surface area contributed by atoms with Crippen LogP contribution in [0.1, 0.15) is 5.56 Å². The van der Waals surface area contributed by atoms with Crippen LogP contribution in [-0.4, -0.2) is 4.92 Å². The summed E-state index contributed by atoms with van der Waals surface area (Å²) in [5, 5.41) is 22.4. The van der Waals surface area contributed by atoms with Crippen molar-refractivity contribution in [2.45, 2.75) is 0 Å². The maximum Gasteiger partial charge on any atom is 0.274 e. The van der Waals surface area contributed by atoms with E-state index >= 15 is 0 Å². The number of hydrogen-bond acceptors (Lipinski definition) is 4. The highest BCUT2D eigenvalue weighted by Crippen LogP contribution is 2.28. The van der Waals surface area contributed by atoms with Crippen LogP contribution in [0.4, 0.5) is 21.5 Å². The minimum Gasteiger partial charge on any atom is -0.354 e. The fraction of sp³-hybridized carbons (Fsp3) is 0. The maximum atomic E-state index is 13.3. The third-order valence-electron chi connectivity index (χ3n) is 2.47. The molecule has 0 saturated carbocycles. The summed E-state index contributed by atoms with van der Waals surface area (Å²) >= 11 is 5.96. The zero-order valence-electron chi connectivity index (χ0n) is 9.93. The summed E-state index contributed by atoms with van der Waals surface area (Å²) in [6, 6.07) is 9.57. The third kappa shape index (κ3) is 3.02. The number of non-ortho nitro benzene ring substituents is 1. The minimum atomic E-state index is -0.730. The lowest BCUT2D eigenvalue weighted by molar-refractivity contribution is -0.385. The van der Waals surface area contributed by atoms with Crippen molar-refractivity contribution in [3.8, 4) is 6.07 Å². The van der Waals surface area contributed by atoms with Gasteiger partial charge in [-0.3, -0.25) is 10.1 Å². The van der Waals surface area contributed by atoms with E-state index in [0.717, 1.165) is 12.1 Å². The van der Waals surface area contributed by atoms with Gasteiger partial charge in [0.1, 0.15) is 5.82 Å². The zero-order valence-corrected chi connectivity index (χ0v) is 10.7. The first-order chi connectivity index (χ1) is 9.49. The average Bonchev–Trinajstić information content (AvgIpc) is 2.40. The molecule has 0 radical (unpaired) electrons. The van der Waals surface area contributed by atoms with Crippen LogP contribution in [0.5, 0.6) is 0 Å². The van der Waals surface area contributed by atoms with E-state index in [0.29, 0.717) is 11.3 Å². The minimum absolute atomic E-state index is 0.198. The second-order valence-electron chi connectivity index (χ2n) is 3.89. The number of nitro groups is 1. The fourth-order valence-corrected chi connectivity index (χ4v) is 1.82. The van der Waals surface area contributed by atoms with Gasteiger partial charge in [0, 0.05) is 11.8 Å². The smallest absolute Gasteiger partial charge is 0.274 e. The van der Waals surface area contributed by atoms with Gasteiger partial charge in [0.15, 0.2) is 0 Å². The molecule has 0 bridgehead atoms. The molecule has 0 unspecified atom stereocenters. The molecule has 0 aromatic heterocycles. The van der Waals surface area contributed by atoms with Crippen molar-refractivity contribution in [2.75, 3.05) is 5.32 Å². The predicted octanol–water partition coefficient (Wildman–Crippen LogP) is 4.00. The Kier molecular flexibility index (Phi) is 3.82. The highest BCUT2D eigenvalue weighted by Gasteiger charge is 2.11. The van der Waals surface area contributed by atoms with Crippen molar-refractivity contribution >= 4 is 28.7 Å². The van der Waals surface area contributed by atoms with Gasteiger partial charge in [-0.05, 0) is 24.3 Å². The number of nitrogens with zero attached hydrogens (tertiary/aromatic N) is 2. The Bertz CT molecular complexity index is 728. The molecule has 0 saturated heterocycles. The lowest BCUT2D eigenvalue weighted by atomic mass is 10.2. The molecule has 5 nitrogen and oxygen atoms in total. The number of benzene rings is 2. The van der Waals surface area contributed by atoms with E-state index in [2.05, 4.69) is 5.32 Å². The number of nitriles is 1. The monoisotopic (exact) mass is 291 g/mol. The van der Waals surface area contributed by atoms with E-state index in [-0.39, 0.29) is 16.4 Å². The molecule has 0 fully saturated rings. The number of nitrogens with one attached hydrogen (secondary N) is 1. The molecule has 2 aromatic rings. The van der Waals surface area contributed by atoms with Crippen LogP contribution in [0.25, 0.3) is 0 Å². The summed E-state index contributed by atoms with van der Waals surface area (Å²) in [7, 11) is 0. The van der Waals surface area contributed by atoms with Crippen molar-refractivity contribution in [3.05, 3.63) is 62.9 Å². The molecule has 1 N–H and O–H groups in total. The molecule has 2 aromatic carbocycles. The normalized spacial score (nSPS) is 9.85. The van der Waals surface area contributed by atoms with Crippen molar-refractivity contribution in [1.82, 2.24) is 0 Å². The first kappa shape index (κ1) is 13.8. The van der Waals surface area contributed by atoms with E-state index in [1.54, 1.807) is 0 Å². The Hall–Kier alpha value is -2.65. The van der Waals surface area contributed by atoms with Crippen molar-refractivity contribution in [2.24, 2.45) is 0 Å². The summed E-state index contributed by atoms with van der Waals surface area (Å²) in [4.78, 5) is 9.97. The van der Waals surface area contributed by atoms with Gasteiger partial charge in [-0.1, -0.05) is 11.6 Å². The lowest BCUT2D eigenvalue weighted by Gasteiger charge is -2.08. The average molecular weight is 292 g/mol. The third-order valence-corrected chi connectivity index (χ3v) is 2.78. The Morgan fingerprint density at radius 3 is 2.65 bits per heavy atom. The topological polar surface area (TPSA) is 79.0 Å². The Balaban J connectivity index is 2.35. The Morgan fingerprint density at radius 2 is 2.05 bits per heavy atom. The number of rotatable bonds is 3. The number of hydrogen-bond donors (Lipinski definition) is 1. The van der Waals surface area contributed by atoms with Crippen molar-refractivity contribution in [1.29, 1.82) is 5.26 Å². The maximum absolute atomic E-state index is 13.3. The molecule has 0 aliphatic heterocycles. The van der Waals surface area contributed by atoms with Crippen LogP contribution in [-0.2, 0) is 0 Å². The first-order valence-electron chi connectivity index (χ1n) is 5.41. The molecule has 20 heavy (non-hydrogen) atoms. The number of nitro benzene ring substituents is 1. The van der Waals surface area contributed by atoms with Crippen LogP contribution in [0.2, 0.25) is 5.02 Å². The van der Waals surface area contributed by atoms with Gasteiger partial charge < -0.3 is 5.32 Å². The summed E-state index contributed by atoms with van der Waals surface area (Å²) in [5.74, 6) is -0.730. The molecule has 0 heterocycles. The van der Waals surface area contributed by atoms with E-state index < -0.39 is 10.7 Å². The zero-order chi connectivity index (χ0) is 14.7. The quantitative estimate of drug-likeness (QED) is 0.684. The molecular weight excluding hydrogens is 285 g/mol. The largest absolute Gasteiger partial charge is 0.354 e. The van der Waals surface area contributed by atoms with Crippen LogP contribution < -0.4 is 5.32 Å². The van der Waals surface area contributed by atoms with Crippen molar-refractivity contribution in [3.63, 3.8) is 0 Å². The molecule has 0 aliphatic rings. The number of anilines is 2. The predicted molar refractivity (Wildman–Crippen MR) is 72.5 cm³/mol. The molecule has 0 spiro atoms. The molecule has 0 atom stereocenters. The summed E-state index contributed by atoms with van der Waals surface area (Å²) < 4.78 is 13.3. The molecule has 100 valence electrons. The van der Waals surface area contributed by atoms with Gasteiger partial charge in [-0.15, -0.1) is 0 Å². The SMILES string of the molecule is N#Cc1ccc(Nc2cc(F)cc([N+](=O)[O-])c2)c(Cl)c1. The Morgan fingerprint density at radius 1 is 1.30 bits per heavy atom. The van der Waals surface area contributed by atoms with Crippen LogP contribution in [0, 0.1) is 27.3 Å². The van der Waals surface area contributed by atoms with E-state index in [1.165, 1.54) is 24.3 Å². The van der Waals surface area contributed by atoms with E-state index in [1.807, 2.05) is 6.07 Å². The standard InChI is InChI=1S/C13H7ClFN3O2/c14-12-3-8(7-16)1-2-13(12)17-10-4-9(15)5-11(6-10)18(19)20/h1-6,17H.